The van der Waals surface area contributed by atoms with Crippen LogP contribution in [0.4, 0.5) is 10.1 Å². The number of thiocarbonyl (C=S) groups is 1. The van der Waals surface area contributed by atoms with Gasteiger partial charge in [0, 0.05) is 18.7 Å². The summed E-state index contributed by atoms with van der Waals surface area (Å²) in [6, 6.07) is 5.05. The predicted molar refractivity (Wildman–Crippen MR) is 82.1 cm³/mol. The molecule has 0 amide bonds. The molecule has 1 aromatic carbocycles. The van der Waals surface area contributed by atoms with Gasteiger partial charge in [0.15, 0.2) is 0 Å². The molecule has 0 bridgehead atoms. The van der Waals surface area contributed by atoms with Crippen molar-refractivity contribution in [3.8, 4) is 0 Å². The fourth-order valence-corrected chi connectivity index (χ4v) is 2.86. The summed E-state index contributed by atoms with van der Waals surface area (Å²) in [7, 11) is 0. The highest BCUT2D eigenvalue weighted by atomic mass is 32.1. The first-order valence-electron chi connectivity index (χ1n) is 6.96. The Labute approximate surface area is 119 Å². The van der Waals surface area contributed by atoms with Gasteiger partial charge in [0.25, 0.3) is 0 Å². The van der Waals surface area contributed by atoms with Gasteiger partial charge in [0.05, 0.1) is 5.69 Å². The molecule has 19 heavy (non-hydrogen) atoms. The van der Waals surface area contributed by atoms with E-state index in [-0.39, 0.29) is 10.8 Å². The highest BCUT2D eigenvalue weighted by molar-refractivity contribution is 7.80. The molecule has 1 saturated heterocycles. The molecular weight excluding hydrogens is 259 g/mol. The van der Waals surface area contributed by atoms with Crippen molar-refractivity contribution in [2.24, 2.45) is 11.7 Å². The quantitative estimate of drug-likeness (QED) is 0.860. The van der Waals surface area contributed by atoms with E-state index in [4.69, 9.17) is 18.0 Å². The summed E-state index contributed by atoms with van der Waals surface area (Å²) in [6.45, 7) is 4.10. The number of hydrogen-bond donors (Lipinski definition) is 1. The van der Waals surface area contributed by atoms with Crippen LogP contribution in [0.2, 0.25) is 0 Å². The van der Waals surface area contributed by atoms with Gasteiger partial charge < -0.3 is 10.6 Å². The van der Waals surface area contributed by atoms with Crippen molar-refractivity contribution >= 4 is 22.9 Å². The summed E-state index contributed by atoms with van der Waals surface area (Å²) in [5.74, 6) is 0.559. The van der Waals surface area contributed by atoms with Crippen LogP contribution < -0.4 is 10.6 Å². The molecule has 0 saturated carbocycles. The standard InChI is InChI=1S/C15H21FN2S/c1-2-11-4-3-8-18(9-7-11)14-6-5-12(15(17)19)10-13(14)16/h5-6,10-11H,2-4,7-9H2,1H3,(H2,17,19). The van der Waals surface area contributed by atoms with Gasteiger partial charge in [-0.1, -0.05) is 25.6 Å². The summed E-state index contributed by atoms with van der Waals surface area (Å²) < 4.78 is 14.1. The van der Waals surface area contributed by atoms with E-state index in [2.05, 4.69) is 11.8 Å². The predicted octanol–water partition coefficient (Wildman–Crippen LogP) is 3.48. The van der Waals surface area contributed by atoms with Crippen molar-refractivity contribution < 1.29 is 4.39 Å². The van der Waals surface area contributed by atoms with Gasteiger partial charge in [0.1, 0.15) is 10.8 Å². The zero-order chi connectivity index (χ0) is 13.8. The molecule has 2 N–H and O–H groups in total. The van der Waals surface area contributed by atoms with Crippen LogP contribution in [0.1, 0.15) is 38.2 Å². The first-order chi connectivity index (χ1) is 9.11. The zero-order valence-corrected chi connectivity index (χ0v) is 12.2. The Morgan fingerprint density at radius 1 is 1.42 bits per heavy atom. The first-order valence-corrected chi connectivity index (χ1v) is 7.37. The average molecular weight is 280 g/mol. The molecule has 0 spiro atoms. The number of halogens is 1. The Kier molecular flexibility index (Phi) is 4.75. The Bertz CT molecular complexity index is 461. The molecular formula is C15H21FN2S. The van der Waals surface area contributed by atoms with Gasteiger partial charge in [-0.15, -0.1) is 0 Å². The molecule has 2 rings (SSSR count). The van der Waals surface area contributed by atoms with E-state index in [1.807, 2.05) is 6.07 Å². The summed E-state index contributed by atoms with van der Waals surface area (Å²) in [5, 5.41) is 0. The number of nitrogens with two attached hydrogens (primary N) is 1. The van der Waals surface area contributed by atoms with Crippen molar-refractivity contribution in [2.45, 2.75) is 32.6 Å². The van der Waals surface area contributed by atoms with Crippen LogP contribution in [0.15, 0.2) is 18.2 Å². The molecule has 0 aromatic heterocycles. The molecule has 1 aliphatic heterocycles. The normalized spacial score (nSPS) is 20.1. The molecule has 4 heteroatoms. The largest absolute Gasteiger partial charge is 0.389 e. The summed E-state index contributed by atoms with van der Waals surface area (Å²) in [6.07, 6.45) is 4.75. The molecule has 1 heterocycles. The second-order valence-corrected chi connectivity index (χ2v) is 5.66. The molecule has 1 aliphatic rings. The van der Waals surface area contributed by atoms with E-state index in [1.165, 1.54) is 18.9 Å². The van der Waals surface area contributed by atoms with Crippen LogP contribution in [0, 0.1) is 11.7 Å². The van der Waals surface area contributed by atoms with Gasteiger partial charge >= 0.3 is 0 Å². The van der Waals surface area contributed by atoms with Crippen LogP contribution in [0.5, 0.6) is 0 Å². The Morgan fingerprint density at radius 2 is 2.21 bits per heavy atom. The van der Waals surface area contributed by atoms with Gasteiger partial charge in [-0.3, -0.25) is 0 Å². The molecule has 0 aliphatic carbocycles. The van der Waals surface area contributed by atoms with Crippen LogP contribution in [0.25, 0.3) is 0 Å². The maximum absolute atomic E-state index is 14.1. The lowest BCUT2D eigenvalue weighted by Crippen LogP contribution is -2.25. The van der Waals surface area contributed by atoms with E-state index >= 15 is 0 Å². The van der Waals surface area contributed by atoms with E-state index in [0.29, 0.717) is 11.3 Å². The highest BCUT2D eigenvalue weighted by Gasteiger charge is 2.18. The first kappa shape index (κ1) is 14.3. The monoisotopic (exact) mass is 280 g/mol. The van der Waals surface area contributed by atoms with Crippen molar-refractivity contribution in [3.63, 3.8) is 0 Å². The minimum Gasteiger partial charge on any atom is -0.389 e. The summed E-state index contributed by atoms with van der Waals surface area (Å²) in [5.41, 5.74) is 6.80. The highest BCUT2D eigenvalue weighted by Crippen LogP contribution is 2.26. The van der Waals surface area contributed by atoms with E-state index < -0.39 is 0 Å². The maximum Gasteiger partial charge on any atom is 0.147 e. The molecule has 0 radical (unpaired) electrons. The number of benzene rings is 1. The molecule has 2 nitrogen and oxygen atoms in total. The number of hydrogen-bond acceptors (Lipinski definition) is 2. The molecule has 1 aromatic rings. The second kappa shape index (κ2) is 6.33. The molecule has 1 atom stereocenters. The number of anilines is 1. The van der Waals surface area contributed by atoms with E-state index in [0.717, 1.165) is 31.8 Å². The maximum atomic E-state index is 14.1. The smallest absolute Gasteiger partial charge is 0.147 e. The van der Waals surface area contributed by atoms with Gasteiger partial charge in [-0.05, 0) is 43.4 Å². The Hall–Kier alpha value is -1.16. The zero-order valence-electron chi connectivity index (χ0n) is 11.4. The van der Waals surface area contributed by atoms with Crippen LogP contribution in [0.3, 0.4) is 0 Å². The van der Waals surface area contributed by atoms with Crippen LogP contribution >= 0.6 is 12.2 Å². The Morgan fingerprint density at radius 3 is 2.84 bits per heavy atom. The third-order valence-corrected chi connectivity index (χ3v) is 4.23. The van der Waals surface area contributed by atoms with Crippen molar-refractivity contribution in [2.75, 3.05) is 18.0 Å². The number of rotatable bonds is 3. The summed E-state index contributed by atoms with van der Waals surface area (Å²) >= 11 is 4.87. The Balaban J connectivity index is 2.15. The number of nitrogens with zero attached hydrogens (tertiary/aromatic N) is 1. The fraction of sp³-hybridized carbons (Fsp3) is 0.533. The fourth-order valence-electron chi connectivity index (χ4n) is 2.73. The van der Waals surface area contributed by atoms with E-state index in [1.54, 1.807) is 6.07 Å². The third-order valence-electron chi connectivity index (χ3n) is 4.00. The topological polar surface area (TPSA) is 29.3 Å². The van der Waals surface area contributed by atoms with Crippen molar-refractivity contribution in [1.29, 1.82) is 0 Å². The molecule has 104 valence electrons. The minimum atomic E-state index is -0.222. The van der Waals surface area contributed by atoms with Crippen molar-refractivity contribution in [1.82, 2.24) is 0 Å². The lowest BCUT2D eigenvalue weighted by molar-refractivity contribution is 0.459. The van der Waals surface area contributed by atoms with E-state index in [9.17, 15) is 4.39 Å². The average Bonchev–Trinajstić information content (AvgIpc) is 2.63. The van der Waals surface area contributed by atoms with Crippen LogP contribution in [-0.4, -0.2) is 18.1 Å². The molecule has 1 fully saturated rings. The van der Waals surface area contributed by atoms with Gasteiger partial charge in [-0.25, -0.2) is 4.39 Å². The third kappa shape index (κ3) is 3.44. The molecule has 1 unspecified atom stereocenters. The lowest BCUT2D eigenvalue weighted by atomic mass is 9.98. The SMILES string of the molecule is CCC1CCCN(c2ccc(C(N)=S)cc2F)CC1. The van der Waals surface area contributed by atoms with Gasteiger partial charge in [0.2, 0.25) is 0 Å². The minimum absolute atomic E-state index is 0.222. The summed E-state index contributed by atoms with van der Waals surface area (Å²) in [4.78, 5) is 2.39. The second-order valence-electron chi connectivity index (χ2n) is 5.22. The lowest BCUT2D eigenvalue weighted by Gasteiger charge is -2.23. The van der Waals surface area contributed by atoms with Crippen LogP contribution in [-0.2, 0) is 0 Å². The van der Waals surface area contributed by atoms with Gasteiger partial charge in [-0.2, -0.15) is 0 Å². The van der Waals surface area contributed by atoms with Crippen molar-refractivity contribution in [3.05, 3.63) is 29.6 Å².